The van der Waals surface area contributed by atoms with Gasteiger partial charge in [-0.05, 0) is 37.9 Å². The lowest BCUT2D eigenvalue weighted by Crippen LogP contribution is -2.53. The number of nitriles is 1. The van der Waals surface area contributed by atoms with E-state index >= 15 is 0 Å². The summed E-state index contributed by atoms with van der Waals surface area (Å²) in [6.45, 7) is 4.65. The number of benzene rings is 1. The lowest BCUT2D eigenvalue weighted by Gasteiger charge is -2.37. The molecule has 1 aromatic carbocycles. The molecular weight excluding hydrogens is 255 g/mol. The van der Waals surface area contributed by atoms with Gasteiger partial charge in [0.05, 0.1) is 11.6 Å². The Labute approximate surface area is 119 Å². The molecule has 0 radical (unpaired) electrons. The van der Waals surface area contributed by atoms with Crippen molar-refractivity contribution in [2.75, 3.05) is 40.3 Å². The number of nitrogens with zero attached hydrogens (tertiary/aromatic N) is 3. The van der Waals surface area contributed by atoms with Gasteiger partial charge in [-0.15, -0.1) is 0 Å². The molecule has 1 saturated heterocycles. The molecule has 1 aromatic rings. The molecule has 1 aliphatic heterocycles. The van der Waals surface area contributed by atoms with E-state index in [1.165, 1.54) is 12.1 Å². The quantitative estimate of drug-likeness (QED) is 0.892. The van der Waals surface area contributed by atoms with Crippen LogP contribution in [0.4, 0.5) is 4.39 Å². The summed E-state index contributed by atoms with van der Waals surface area (Å²) in [5.41, 5.74) is 1.18. The molecule has 1 fully saturated rings. The minimum absolute atomic E-state index is 0.352. The normalized spacial score (nSPS) is 20.8. The molecule has 0 aromatic heterocycles. The van der Waals surface area contributed by atoms with Crippen LogP contribution in [0.5, 0.6) is 0 Å². The van der Waals surface area contributed by atoms with Crippen molar-refractivity contribution >= 4 is 0 Å². The zero-order valence-electron chi connectivity index (χ0n) is 12.1. The molecular formula is C15H21FN4. The topological polar surface area (TPSA) is 42.3 Å². The van der Waals surface area contributed by atoms with Crippen LogP contribution in [0, 0.1) is 17.1 Å². The average Bonchev–Trinajstić information content (AvgIpc) is 2.42. The van der Waals surface area contributed by atoms with Gasteiger partial charge >= 0.3 is 0 Å². The Morgan fingerprint density at radius 2 is 2.15 bits per heavy atom. The minimum Gasteiger partial charge on any atom is -0.311 e. The summed E-state index contributed by atoms with van der Waals surface area (Å²) in [5.74, 6) is -0.352. The maximum atomic E-state index is 13.3. The highest BCUT2D eigenvalue weighted by molar-refractivity contribution is 5.33. The van der Waals surface area contributed by atoms with Crippen LogP contribution in [-0.2, 0) is 6.54 Å². The number of hydrogen-bond acceptors (Lipinski definition) is 4. The first-order valence-electron chi connectivity index (χ1n) is 6.87. The van der Waals surface area contributed by atoms with Crippen molar-refractivity contribution < 1.29 is 4.39 Å². The van der Waals surface area contributed by atoms with Gasteiger partial charge in [0.15, 0.2) is 0 Å². The van der Waals surface area contributed by atoms with Gasteiger partial charge in [0.25, 0.3) is 0 Å². The average molecular weight is 276 g/mol. The highest BCUT2D eigenvalue weighted by atomic mass is 19.1. The maximum Gasteiger partial charge on any atom is 0.124 e. The molecule has 1 aliphatic rings. The third-order valence-corrected chi connectivity index (χ3v) is 3.78. The minimum atomic E-state index is -0.352. The van der Waals surface area contributed by atoms with E-state index in [0.717, 1.165) is 31.7 Å². The number of piperazine rings is 1. The monoisotopic (exact) mass is 276 g/mol. The summed E-state index contributed by atoms with van der Waals surface area (Å²) >= 11 is 0. The molecule has 2 rings (SSSR count). The van der Waals surface area contributed by atoms with E-state index < -0.39 is 0 Å². The van der Waals surface area contributed by atoms with E-state index in [1.807, 2.05) is 6.07 Å². The number of hydrogen-bond donors (Lipinski definition) is 1. The standard InChI is InChI=1S/C15H21FN4/c1-19-3-4-20(2)15(11-19)10-18-9-13-5-12(8-17)6-14(16)7-13/h5-7,15,18H,3-4,9-11H2,1-2H3. The number of likely N-dealkylation sites (N-methyl/N-ethyl adjacent to an activating group) is 2. The van der Waals surface area contributed by atoms with Gasteiger partial charge in [0.1, 0.15) is 5.82 Å². The summed E-state index contributed by atoms with van der Waals surface area (Å²) in [4.78, 5) is 4.67. The molecule has 1 N–H and O–H groups in total. The molecule has 20 heavy (non-hydrogen) atoms. The van der Waals surface area contributed by atoms with Crippen molar-refractivity contribution in [3.05, 3.63) is 35.1 Å². The van der Waals surface area contributed by atoms with E-state index in [-0.39, 0.29) is 5.82 Å². The van der Waals surface area contributed by atoms with Crippen LogP contribution < -0.4 is 5.32 Å². The number of rotatable bonds is 4. The molecule has 0 bridgehead atoms. The molecule has 0 aliphatic carbocycles. The van der Waals surface area contributed by atoms with Crippen LogP contribution in [0.2, 0.25) is 0 Å². The van der Waals surface area contributed by atoms with Gasteiger partial charge in [-0.2, -0.15) is 5.26 Å². The Morgan fingerprint density at radius 3 is 2.90 bits per heavy atom. The first-order valence-corrected chi connectivity index (χ1v) is 6.87. The molecule has 4 nitrogen and oxygen atoms in total. The second-order valence-corrected chi connectivity index (χ2v) is 5.49. The first kappa shape index (κ1) is 14.9. The molecule has 1 heterocycles. The van der Waals surface area contributed by atoms with E-state index in [0.29, 0.717) is 18.2 Å². The molecule has 1 unspecified atom stereocenters. The van der Waals surface area contributed by atoms with Gasteiger partial charge in [-0.25, -0.2) is 4.39 Å². The lowest BCUT2D eigenvalue weighted by atomic mass is 10.1. The van der Waals surface area contributed by atoms with Crippen LogP contribution in [-0.4, -0.2) is 56.1 Å². The third kappa shape index (κ3) is 4.01. The fourth-order valence-electron chi connectivity index (χ4n) is 2.52. The highest BCUT2D eigenvalue weighted by Gasteiger charge is 2.21. The Morgan fingerprint density at radius 1 is 1.35 bits per heavy atom. The van der Waals surface area contributed by atoms with Gasteiger partial charge in [0, 0.05) is 38.8 Å². The van der Waals surface area contributed by atoms with Crippen LogP contribution >= 0.6 is 0 Å². The smallest absolute Gasteiger partial charge is 0.124 e. The van der Waals surface area contributed by atoms with Gasteiger partial charge in [0.2, 0.25) is 0 Å². The molecule has 1 atom stereocenters. The fourth-order valence-corrected chi connectivity index (χ4v) is 2.52. The first-order chi connectivity index (χ1) is 9.58. The van der Waals surface area contributed by atoms with Crippen LogP contribution in [0.1, 0.15) is 11.1 Å². The Kier molecular flexibility index (Phi) is 5.07. The van der Waals surface area contributed by atoms with Crippen molar-refractivity contribution in [2.45, 2.75) is 12.6 Å². The van der Waals surface area contributed by atoms with Crippen LogP contribution in [0.3, 0.4) is 0 Å². The third-order valence-electron chi connectivity index (χ3n) is 3.78. The van der Waals surface area contributed by atoms with Gasteiger partial charge in [-0.1, -0.05) is 0 Å². The Bertz CT molecular complexity index is 497. The predicted octanol–water partition coefficient (Wildman–Crippen LogP) is 1.03. The second-order valence-electron chi connectivity index (χ2n) is 5.49. The van der Waals surface area contributed by atoms with Crippen LogP contribution in [0.15, 0.2) is 18.2 Å². The van der Waals surface area contributed by atoms with E-state index in [4.69, 9.17) is 5.26 Å². The Balaban J connectivity index is 1.86. The largest absolute Gasteiger partial charge is 0.311 e. The summed E-state index contributed by atoms with van der Waals surface area (Å²) in [6.07, 6.45) is 0. The predicted molar refractivity (Wildman–Crippen MR) is 76.7 cm³/mol. The molecule has 0 spiro atoms. The summed E-state index contributed by atoms with van der Waals surface area (Å²) in [6, 6.07) is 6.91. The molecule has 5 heteroatoms. The Hall–Kier alpha value is -1.48. The van der Waals surface area contributed by atoms with Gasteiger partial charge in [-0.3, -0.25) is 4.90 Å². The molecule has 108 valence electrons. The zero-order chi connectivity index (χ0) is 14.5. The number of halogens is 1. The van der Waals surface area contributed by atoms with Crippen molar-refractivity contribution in [1.82, 2.24) is 15.1 Å². The second kappa shape index (κ2) is 6.80. The van der Waals surface area contributed by atoms with Crippen molar-refractivity contribution in [1.29, 1.82) is 5.26 Å². The van der Waals surface area contributed by atoms with Gasteiger partial charge < -0.3 is 10.2 Å². The number of nitrogens with one attached hydrogen (secondary N) is 1. The highest BCUT2D eigenvalue weighted by Crippen LogP contribution is 2.09. The van der Waals surface area contributed by atoms with Crippen molar-refractivity contribution in [2.24, 2.45) is 0 Å². The molecule has 0 saturated carbocycles. The zero-order valence-corrected chi connectivity index (χ0v) is 12.1. The maximum absolute atomic E-state index is 13.3. The van der Waals surface area contributed by atoms with Crippen molar-refractivity contribution in [3.8, 4) is 6.07 Å². The van der Waals surface area contributed by atoms with E-state index in [9.17, 15) is 4.39 Å². The lowest BCUT2D eigenvalue weighted by molar-refractivity contribution is 0.113. The van der Waals surface area contributed by atoms with E-state index in [2.05, 4.69) is 29.2 Å². The summed E-state index contributed by atoms with van der Waals surface area (Å²) < 4.78 is 13.3. The SMILES string of the molecule is CN1CCN(C)C(CNCc2cc(F)cc(C#N)c2)C1. The molecule has 0 amide bonds. The summed E-state index contributed by atoms with van der Waals surface area (Å²) in [5, 5.41) is 12.2. The fraction of sp³-hybridized carbons (Fsp3) is 0.533. The van der Waals surface area contributed by atoms with Crippen LogP contribution in [0.25, 0.3) is 0 Å². The summed E-state index contributed by atoms with van der Waals surface area (Å²) in [7, 11) is 4.26. The van der Waals surface area contributed by atoms with E-state index in [1.54, 1.807) is 6.07 Å². The van der Waals surface area contributed by atoms with Crippen molar-refractivity contribution in [3.63, 3.8) is 0 Å².